The highest BCUT2D eigenvalue weighted by atomic mass is 19.1. The molecule has 0 unspecified atom stereocenters. The Morgan fingerprint density at radius 1 is 1.25 bits per heavy atom. The topological polar surface area (TPSA) is 21.6 Å². The van der Waals surface area contributed by atoms with Gasteiger partial charge >= 0.3 is 0 Å². The maximum absolute atomic E-state index is 12.8. The highest BCUT2D eigenvalue weighted by Crippen LogP contribution is 2.08. The minimum atomic E-state index is -0.613. The quantitative estimate of drug-likeness (QED) is 0.413. The Morgan fingerprint density at radius 3 is 2.56 bits per heavy atom. The maximum Gasteiger partial charge on any atom is 0.142 e. The van der Waals surface area contributed by atoms with Crippen LogP contribution in [0.5, 0.6) is 0 Å². The van der Waals surface area contributed by atoms with Gasteiger partial charge in [0.1, 0.15) is 24.5 Å². The summed E-state index contributed by atoms with van der Waals surface area (Å²) in [6.07, 6.45) is 5.50. The standard InChI is InChI=1S/C12H14F2NO/c1-2-3-4-5-15-16-9-10-6-11(13)8-12(14)7-10/h6-8H,2-4,9H2,1H3. The summed E-state index contributed by atoms with van der Waals surface area (Å²) < 4.78 is 25.5. The lowest BCUT2D eigenvalue weighted by Gasteiger charge is -2.00. The average molecular weight is 226 g/mol. The number of halogens is 2. The lowest BCUT2D eigenvalue weighted by atomic mass is 10.2. The van der Waals surface area contributed by atoms with Gasteiger partial charge in [-0.25, -0.2) is 8.78 Å². The number of unbranched alkanes of at least 4 members (excludes halogenated alkanes) is 2. The molecule has 0 heterocycles. The Bertz CT molecular complexity index is 333. The van der Waals surface area contributed by atoms with Crippen molar-refractivity contribution in [1.29, 1.82) is 0 Å². The summed E-state index contributed by atoms with van der Waals surface area (Å²) in [4.78, 5) is 4.86. The third-order valence-corrected chi connectivity index (χ3v) is 1.92. The van der Waals surface area contributed by atoms with Crippen LogP contribution in [-0.2, 0) is 11.4 Å². The van der Waals surface area contributed by atoms with Crippen LogP contribution in [0, 0.1) is 11.6 Å². The van der Waals surface area contributed by atoms with Crippen molar-refractivity contribution in [3.8, 4) is 0 Å². The van der Waals surface area contributed by atoms with Gasteiger partial charge in [-0.3, -0.25) is 0 Å². The Labute approximate surface area is 93.9 Å². The lowest BCUT2D eigenvalue weighted by Crippen LogP contribution is -1.91. The van der Waals surface area contributed by atoms with Gasteiger partial charge in [0.2, 0.25) is 0 Å². The molecule has 87 valence electrons. The smallest absolute Gasteiger partial charge is 0.142 e. The predicted octanol–water partition coefficient (Wildman–Crippen LogP) is 3.53. The van der Waals surface area contributed by atoms with Gasteiger partial charge in [0.15, 0.2) is 0 Å². The van der Waals surface area contributed by atoms with Crippen LogP contribution < -0.4 is 0 Å². The summed E-state index contributed by atoms with van der Waals surface area (Å²) in [5.74, 6) is -1.23. The molecule has 1 radical (unpaired) electrons. The third kappa shape index (κ3) is 4.87. The second-order valence-corrected chi connectivity index (χ2v) is 3.40. The van der Waals surface area contributed by atoms with Crippen LogP contribution in [0.25, 0.3) is 0 Å². The molecule has 0 aliphatic rings. The highest BCUT2D eigenvalue weighted by molar-refractivity contribution is 5.56. The molecule has 0 atom stereocenters. The molecule has 0 aliphatic carbocycles. The lowest BCUT2D eigenvalue weighted by molar-refractivity contribution is 0.131. The van der Waals surface area contributed by atoms with E-state index in [0.29, 0.717) is 5.56 Å². The van der Waals surface area contributed by atoms with Crippen molar-refractivity contribution in [2.45, 2.75) is 32.8 Å². The van der Waals surface area contributed by atoms with Gasteiger partial charge in [0.25, 0.3) is 0 Å². The second kappa shape index (κ2) is 6.93. The molecular weight excluding hydrogens is 212 g/mol. The molecule has 0 spiro atoms. The van der Waals surface area contributed by atoms with E-state index in [1.165, 1.54) is 12.1 Å². The van der Waals surface area contributed by atoms with Crippen LogP contribution in [0.2, 0.25) is 0 Å². The molecule has 0 amide bonds. The molecule has 0 saturated carbocycles. The molecule has 1 aromatic carbocycles. The monoisotopic (exact) mass is 226 g/mol. The van der Waals surface area contributed by atoms with E-state index >= 15 is 0 Å². The zero-order chi connectivity index (χ0) is 11.8. The molecule has 0 fully saturated rings. The fourth-order valence-electron chi connectivity index (χ4n) is 1.15. The minimum Gasteiger partial charge on any atom is -0.391 e. The van der Waals surface area contributed by atoms with E-state index in [0.717, 1.165) is 25.3 Å². The summed E-state index contributed by atoms with van der Waals surface area (Å²) in [6, 6.07) is 3.25. The first-order valence-corrected chi connectivity index (χ1v) is 5.22. The fourth-order valence-corrected chi connectivity index (χ4v) is 1.15. The predicted molar refractivity (Wildman–Crippen MR) is 58.1 cm³/mol. The molecule has 0 saturated heterocycles. The normalized spacial score (nSPS) is 10.9. The van der Waals surface area contributed by atoms with E-state index in [-0.39, 0.29) is 6.61 Å². The van der Waals surface area contributed by atoms with E-state index < -0.39 is 11.6 Å². The maximum atomic E-state index is 12.8. The van der Waals surface area contributed by atoms with E-state index in [4.69, 9.17) is 4.84 Å². The van der Waals surface area contributed by atoms with Crippen molar-refractivity contribution in [2.24, 2.45) is 5.16 Å². The van der Waals surface area contributed by atoms with Crippen LogP contribution in [-0.4, -0.2) is 6.21 Å². The van der Waals surface area contributed by atoms with Gasteiger partial charge in [0, 0.05) is 6.07 Å². The molecule has 0 aromatic heterocycles. The molecule has 0 aliphatic heterocycles. The zero-order valence-corrected chi connectivity index (χ0v) is 9.17. The van der Waals surface area contributed by atoms with E-state index in [9.17, 15) is 8.78 Å². The van der Waals surface area contributed by atoms with Gasteiger partial charge in [-0.2, -0.15) is 0 Å². The van der Waals surface area contributed by atoms with Gasteiger partial charge in [-0.05, 0) is 30.5 Å². The average Bonchev–Trinajstić information content (AvgIpc) is 2.22. The Balaban J connectivity index is 2.34. The first-order valence-electron chi connectivity index (χ1n) is 5.22. The van der Waals surface area contributed by atoms with Gasteiger partial charge in [0.05, 0.1) is 0 Å². The van der Waals surface area contributed by atoms with Crippen molar-refractivity contribution in [2.75, 3.05) is 0 Å². The van der Waals surface area contributed by atoms with Gasteiger partial charge in [-0.15, -0.1) is 0 Å². The number of hydrogen-bond donors (Lipinski definition) is 0. The van der Waals surface area contributed by atoms with E-state index in [1.54, 1.807) is 0 Å². The summed E-state index contributed by atoms with van der Waals surface area (Å²) in [5.41, 5.74) is 0.415. The molecule has 2 nitrogen and oxygen atoms in total. The fraction of sp³-hybridized carbons (Fsp3) is 0.417. The molecular formula is C12H14F2NO. The number of nitrogens with zero attached hydrogens (tertiary/aromatic N) is 1. The number of rotatable bonds is 6. The van der Waals surface area contributed by atoms with Crippen LogP contribution in [0.15, 0.2) is 23.4 Å². The SMILES string of the molecule is CCCC/[C]=N/OCc1cc(F)cc(F)c1. The van der Waals surface area contributed by atoms with Crippen molar-refractivity contribution >= 4 is 6.21 Å². The third-order valence-electron chi connectivity index (χ3n) is 1.92. The number of benzene rings is 1. The molecule has 0 N–H and O–H groups in total. The largest absolute Gasteiger partial charge is 0.391 e. The summed E-state index contributed by atoms with van der Waals surface area (Å²) >= 11 is 0. The number of hydrogen-bond acceptors (Lipinski definition) is 2. The molecule has 1 aromatic rings. The molecule has 0 bridgehead atoms. The van der Waals surface area contributed by atoms with Crippen molar-refractivity contribution < 1.29 is 13.6 Å². The Morgan fingerprint density at radius 2 is 1.94 bits per heavy atom. The molecule has 16 heavy (non-hydrogen) atoms. The van der Waals surface area contributed by atoms with Crippen molar-refractivity contribution in [3.63, 3.8) is 0 Å². The molecule has 4 heteroatoms. The van der Waals surface area contributed by atoms with Gasteiger partial charge < -0.3 is 4.84 Å². The first kappa shape index (κ1) is 12.6. The van der Waals surface area contributed by atoms with Gasteiger partial charge in [-0.1, -0.05) is 18.5 Å². The first-order chi connectivity index (χ1) is 7.72. The second-order valence-electron chi connectivity index (χ2n) is 3.40. The van der Waals surface area contributed by atoms with Crippen LogP contribution >= 0.6 is 0 Å². The van der Waals surface area contributed by atoms with Crippen LogP contribution in [0.1, 0.15) is 31.7 Å². The summed E-state index contributed by atoms with van der Waals surface area (Å²) in [5, 5.41) is 3.57. The van der Waals surface area contributed by atoms with Crippen molar-refractivity contribution in [1.82, 2.24) is 0 Å². The summed E-state index contributed by atoms with van der Waals surface area (Å²) in [7, 11) is 0. The van der Waals surface area contributed by atoms with Crippen LogP contribution in [0.4, 0.5) is 8.78 Å². The zero-order valence-electron chi connectivity index (χ0n) is 9.17. The van der Waals surface area contributed by atoms with E-state index in [1.807, 2.05) is 0 Å². The summed E-state index contributed by atoms with van der Waals surface area (Å²) in [6.45, 7) is 2.12. The van der Waals surface area contributed by atoms with Crippen LogP contribution in [0.3, 0.4) is 0 Å². The highest BCUT2D eigenvalue weighted by Gasteiger charge is 2.00. The van der Waals surface area contributed by atoms with Crippen molar-refractivity contribution in [3.05, 3.63) is 35.4 Å². The molecule has 1 rings (SSSR count). The Kier molecular flexibility index (Phi) is 5.46. The Hall–Kier alpha value is -1.45. The minimum absolute atomic E-state index is 0.0494. The van der Waals surface area contributed by atoms with E-state index in [2.05, 4.69) is 18.3 Å².